The Morgan fingerprint density at radius 3 is 1.87 bits per heavy atom. The van der Waals surface area contributed by atoms with Gasteiger partial charge in [0.05, 0.1) is 5.69 Å². The Balaban J connectivity index is 0.000000203. The second-order valence-electron chi connectivity index (χ2n) is 4.62. The molecule has 0 spiro atoms. The molecule has 1 saturated heterocycles. The van der Waals surface area contributed by atoms with Crippen molar-refractivity contribution in [2.45, 2.75) is 12.8 Å². The molecule has 118 valence electrons. The first kappa shape index (κ1) is 16.2. The Hall–Kier alpha value is -3.13. The predicted molar refractivity (Wildman–Crippen MR) is 76.3 cm³/mol. The largest absolute Gasteiger partial charge is 0.298 e. The normalized spacial score (nSPS) is 16.7. The summed E-state index contributed by atoms with van der Waals surface area (Å²) in [6.45, 7) is 0. The number of nitrogens with zero attached hydrogens (tertiary/aromatic N) is 2. The molecule has 23 heavy (non-hydrogen) atoms. The molecule has 0 radical (unpaired) electrons. The van der Waals surface area contributed by atoms with Gasteiger partial charge in [-0.05, 0) is 12.1 Å². The summed E-state index contributed by atoms with van der Waals surface area (Å²) in [5, 5.41) is 8.57. The van der Waals surface area contributed by atoms with E-state index in [1.54, 1.807) is 24.3 Å². The van der Waals surface area contributed by atoms with E-state index in [9.17, 15) is 24.0 Å². The molecule has 2 aliphatic heterocycles. The van der Waals surface area contributed by atoms with Crippen LogP contribution >= 0.6 is 0 Å². The van der Waals surface area contributed by atoms with Crippen LogP contribution in [0.5, 0.6) is 0 Å². The van der Waals surface area contributed by atoms with Crippen LogP contribution in [0, 0.1) is 0 Å². The molecule has 2 heterocycles. The maximum absolute atomic E-state index is 11.4. The predicted octanol–water partition coefficient (Wildman–Crippen LogP) is 0.453. The van der Waals surface area contributed by atoms with Gasteiger partial charge in [-0.2, -0.15) is 5.06 Å². The molecule has 0 atom stereocenters. The van der Waals surface area contributed by atoms with Gasteiger partial charge in [0.25, 0.3) is 23.6 Å². The number of aldehydes is 1. The lowest BCUT2D eigenvalue weighted by atomic mass is 10.2. The molecule has 0 bridgehead atoms. The molecule has 0 unspecified atom stereocenters. The minimum absolute atomic E-state index is 0.148. The van der Waals surface area contributed by atoms with Crippen LogP contribution in [0.1, 0.15) is 23.2 Å². The molecule has 3 rings (SSSR count). The van der Waals surface area contributed by atoms with Crippen LogP contribution in [-0.4, -0.2) is 40.2 Å². The quantitative estimate of drug-likeness (QED) is 0.482. The molecule has 0 aliphatic carbocycles. The highest BCUT2D eigenvalue weighted by atomic mass is 16.5. The Morgan fingerprint density at radius 1 is 0.913 bits per heavy atom. The van der Waals surface area contributed by atoms with Gasteiger partial charge in [-0.15, -0.1) is 0 Å². The number of para-hydroxylation sites is 1. The highest BCUT2D eigenvalue weighted by Crippen LogP contribution is 2.22. The van der Waals surface area contributed by atoms with Crippen molar-refractivity contribution in [2.75, 3.05) is 4.90 Å². The molecular formula is C15H12N2O6. The Morgan fingerprint density at radius 2 is 1.43 bits per heavy atom. The van der Waals surface area contributed by atoms with Crippen molar-refractivity contribution in [2.24, 2.45) is 0 Å². The van der Waals surface area contributed by atoms with E-state index < -0.39 is 23.6 Å². The summed E-state index contributed by atoms with van der Waals surface area (Å²) in [5.74, 6) is -1.85. The van der Waals surface area contributed by atoms with Crippen LogP contribution in [0.2, 0.25) is 0 Å². The highest BCUT2D eigenvalue weighted by Gasteiger charge is 2.27. The molecule has 1 fully saturated rings. The summed E-state index contributed by atoms with van der Waals surface area (Å²) in [5.41, 5.74) is 0.649. The van der Waals surface area contributed by atoms with Crippen molar-refractivity contribution in [1.82, 2.24) is 5.06 Å². The van der Waals surface area contributed by atoms with Crippen LogP contribution in [0.25, 0.3) is 0 Å². The Kier molecular flexibility index (Phi) is 4.77. The minimum atomic E-state index is -0.505. The van der Waals surface area contributed by atoms with Gasteiger partial charge in [0.1, 0.15) is 0 Å². The number of hydrogen-bond acceptors (Lipinski definition) is 6. The lowest BCUT2D eigenvalue weighted by Crippen LogP contribution is -2.30. The second kappa shape index (κ2) is 6.75. The number of carbonyl (C=O) groups is 5. The fraction of sp³-hybridized carbons (Fsp3) is 0.133. The fourth-order valence-electron chi connectivity index (χ4n) is 1.99. The summed E-state index contributed by atoms with van der Waals surface area (Å²) >= 11 is 0. The number of hydroxylamine groups is 2. The molecule has 8 nitrogen and oxygen atoms in total. The number of anilines is 1. The molecule has 1 aromatic carbocycles. The molecule has 0 saturated carbocycles. The van der Waals surface area contributed by atoms with Crippen molar-refractivity contribution in [3.8, 4) is 0 Å². The zero-order valence-electron chi connectivity index (χ0n) is 11.8. The van der Waals surface area contributed by atoms with E-state index in [1.165, 1.54) is 12.2 Å². The molecule has 0 aromatic heterocycles. The van der Waals surface area contributed by atoms with Crippen LogP contribution in [0.4, 0.5) is 5.69 Å². The van der Waals surface area contributed by atoms with Crippen molar-refractivity contribution in [3.63, 3.8) is 0 Å². The van der Waals surface area contributed by atoms with Gasteiger partial charge in [0.2, 0.25) is 0 Å². The number of rotatable bonds is 2. The molecule has 8 heteroatoms. The van der Waals surface area contributed by atoms with E-state index in [0.29, 0.717) is 17.5 Å². The van der Waals surface area contributed by atoms with Gasteiger partial charge < -0.3 is 0 Å². The van der Waals surface area contributed by atoms with Gasteiger partial charge in [0, 0.05) is 30.6 Å². The number of imide groups is 2. The smallest absolute Gasteiger partial charge is 0.258 e. The fourth-order valence-corrected chi connectivity index (χ4v) is 1.99. The molecule has 1 N–H and O–H groups in total. The number of carbonyl (C=O) groups excluding carboxylic acids is 5. The van der Waals surface area contributed by atoms with Crippen molar-refractivity contribution in [1.29, 1.82) is 0 Å². The minimum Gasteiger partial charge on any atom is -0.298 e. The summed E-state index contributed by atoms with van der Waals surface area (Å²) < 4.78 is 0. The molecule has 2 aliphatic rings. The summed E-state index contributed by atoms with van der Waals surface area (Å²) in [6, 6.07) is 6.46. The zero-order valence-corrected chi connectivity index (χ0v) is 11.8. The first-order valence-corrected chi connectivity index (χ1v) is 6.60. The van der Waals surface area contributed by atoms with E-state index in [1.807, 2.05) is 0 Å². The lowest BCUT2D eigenvalue weighted by molar-refractivity contribution is -0.171. The third-order valence-electron chi connectivity index (χ3n) is 3.14. The number of benzene rings is 1. The number of amides is 4. The van der Waals surface area contributed by atoms with Gasteiger partial charge in [-0.25, -0.2) is 4.90 Å². The molecular weight excluding hydrogens is 304 g/mol. The summed E-state index contributed by atoms with van der Waals surface area (Å²) in [7, 11) is 0. The second-order valence-corrected chi connectivity index (χ2v) is 4.62. The van der Waals surface area contributed by atoms with E-state index in [2.05, 4.69) is 0 Å². The molecule has 1 aromatic rings. The first-order chi connectivity index (χ1) is 11.0. The summed E-state index contributed by atoms with van der Waals surface area (Å²) in [4.78, 5) is 54.9. The van der Waals surface area contributed by atoms with Crippen LogP contribution in [0.3, 0.4) is 0 Å². The molecule has 4 amide bonds. The Labute approximate surface area is 130 Å². The van der Waals surface area contributed by atoms with Crippen LogP contribution < -0.4 is 4.90 Å². The average molecular weight is 316 g/mol. The van der Waals surface area contributed by atoms with Crippen molar-refractivity contribution < 1.29 is 29.2 Å². The Bertz CT molecular complexity index is 690. The van der Waals surface area contributed by atoms with Crippen molar-refractivity contribution >= 4 is 35.6 Å². The maximum atomic E-state index is 11.4. The van der Waals surface area contributed by atoms with E-state index in [4.69, 9.17) is 5.21 Å². The van der Waals surface area contributed by atoms with Gasteiger partial charge in [-0.1, -0.05) is 12.1 Å². The van der Waals surface area contributed by atoms with Crippen molar-refractivity contribution in [3.05, 3.63) is 42.0 Å². The monoisotopic (exact) mass is 316 g/mol. The standard InChI is InChI=1S/C11H7NO3.C4H5NO3/c13-7-8-3-1-2-4-9(8)12-10(14)5-6-11(12)15;6-3-1-2-4(7)5(3)8/h1-7H;8H,1-2H2. The van der Waals surface area contributed by atoms with Crippen LogP contribution in [-0.2, 0) is 19.2 Å². The zero-order chi connectivity index (χ0) is 17.0. The SMILES string of the molecule is O=C1CCC(=O)N1O.O=Cc1ccccc1N1C(=O)C=CC1=O. The first-order valence-electron chi connectivity index (χ1n) is 6.60. The van der Waals surface area contributed by atoms with E-state index in [0.717, 1.165) is 4.90 Å². The van der Waals surface area contributed by atoms with E-state index in [-0.39, 0.29) is 17.9 Å². The third kappa shape index (κ3) is 3.38. The lowest BCUT2D eigenvalue weighted by Gasteiger charge is -2.15. The summed E-state index contributed by atoms with van der Waals surface area (Å²) in [6.07, 6.45) is 3.28. The average Bonchev–Trinajstić information content (AvgIpc) is 3.04. The van der Waals surface area contributed by atoms with Gasteiger partial charge >= 0.3 is 0 Å². The topological polar surface area (TPSA) is 112 Å². The van der Waals surface area contributed by atoms with Gasteiger partial charge in [0.15, 0.2) is 6.29 Å². The number of hydrogen-bond donors (Lipinski definition) is 1. The third-order valence-corrected chi connectivity index (χ3v) is 3.14. The van der Waals surface area contributed by atoms with E-state index >= 15 is 0 Å². The van der Waals surface area contributed by atoms with Crippen LogP contribution in [0.15, 0.2) is 36.4 Å². The maximum Gasteiger partial charge on any atom is 0.258 e. The van der Waals surface area contributed by atoms with Gasteiger partial charge in [-0.3, -0.25) is 29.2 Å². The highest BCUT2D eigenvalue weighted by molar-refractivity contribution is 6.29.